The van der Waals surface area contributed by atoms with E-state index in [1.807, 2.05) is 6.07 Å². The van der Waals surface area contributed by atoms with Gasteiger partial charge in [-0.25, -0.2) is 14.1 Å². The fourth-order valence-corrected chi connectivity index (χ4v) is 1.99. The molecule has 0 amide bonds. The Morgan fingerprint density at radius 3 is 2.75 bits per heavy atom. The number of hydrogen-bond acceptors (Lipinski definition) is 3. The van der Waals surface area contributed by atoms with Gasteiger partial charge in [0.15, 0.2) is 5.82 Å². The summed E-state index contributed by atoms with van der Waals surface area (Å²) in [6.07, 6.45) is 1.63. The Hall–Kier alpha value is -1.27. The topological polar surface area (TPSA) is 42.7 Å². The quantitative estimate of drug-likeness (QED) is 0.929. The predicted octanol–water partition coefficient (Wildman–Crippen LogP) is 3.12. The van der Waals surface area contributed by atoms with Crippen LogP contribution in [0.15, 0.2) is 29.0 Å². The first-order valence-electron chi connectivity index (χ1n) is 6.41. The third-order valence-corrected chi connectivity index (χ3v) is 3.20. The van der Waals surface area contributed by atoms with E-state index in [1.54, 1.807) is 17.1 Å². The van der Waals surface area contributed by atoms with Crippen LogP contribution in [0.1, 0.15) is 32.2 Å². The summed E-state index contributed by atoms with van der Waals surface area (Å²) in [5.74, 6) is 0.460. The van der Waals surface area contributed by atoms with Crippen molar-refractivity contribution in [3.63, 3.8) is 0 Å². The monoisotopic (exact) mass is 340 g/mol. The SMILES string of the molecule is CC(C)(C)NCc1ncn(Cc2ccc(Br)cc2F)n1. The summed E-state index contributed by atoms with van der Waals surface area (Å²) >= 11 is 3.24. The Balaban J connectivity index is 2.02. The molecule has 0 aliphatic heterocycles. The summed E-state index contributed by atoms with van der Waals surface area (Å²) in [5, 5.41) is 7.65. The molecule has 1 heterocycles. The van der Waals surface area contributed by atoms with E-state index < -0.39 is 0 Å². The lowest BCUT2D eigenvalue weighted by molar-refractivity contribution is 0.417. The number of nitrogens with one attached hydrogen (secondary N) is 1. The van der Waals surface area contributed by atoms with Crippen LogP contribution in [0, 0.1) is 5.82 Å². The van der Waals surface area contributed by atoms with Crippen LogP contribution in [-0.2, 0) is 13.1 Å². The molecule has 0 atom stereocenters. The molecule has 0 unspecified atom stereocenters. The predicted molar refractivity (Wildman–Crippen MR) is 79.8 cm³/mol. The number of hydrogen-bond donors (Lipinski definition) is 1. The van der Waals surface area contributed by atoms with Crippen LogP contribution in [0.5, 0.6) is 0 Å². The van der Waals surface area contributed by atoms with Crippen molar-refractivity contribution in [2.75, 3.05) is 0 Å². The third-order valence-electron chi connectivity index (χ3n) is 2.71. The number of aromatic nitrogens is 3. The molecule has 0 spiro atoms. The molecule has 0 saturated carbocycles. The zero-order valence-corrected chi connectivity index (χ0v) is 13.4. The third kappa shape index (κ3) is 4.38. The van der Waals surface area contributed by atoms with E-state index in [1.165, 1.54) is 6.07 Å². The summed E-state index contributed by atoms with van der Waals surface area (Å²) < 4.78 is 16.1. The smallest absolute Gasteiger partial charge is 0.164 e. The maximum Gasteiger partial charge on any atom is 0.164 e. The second-order valence-electron chi connectivity index (χ2n) is 5.70. The minimum absolute atomic E-state index is 0.0171. The Morgan fingerprint density at radius 2 is 2.10 bits per heavy atom. The molecule has 4 nitrogen and oxygen atoms in total. The van der Waals surface area contributed by atoms with Gasteiger partial charge in [0.1, 0.15) is 12.1 Å². The van der Waals surface area contributed by atoms with Gasteiger partial charge < -0.3 is 5.32 Å². The molecule has 1 N–H and O–H groups in total. The lowest BCUT2D eigenvalue weighted by atomic mass is 10.1. The number of halogens is 2. The summed E-state index contributed by atoms with van der Waals surface area (Å²) in [4.78, 5) is 4.22. The molecule has 0 aliphatic carbocycles. The molecular formula is C14H18BrFN4. The van der Waals surface area contributed by atoms with Crippen molar-refractivity contribution in [2.45, 2.75) is 39.4 Å². The summed E-state index contributed by atoms with van der Waals surface area (Å²) in [6, 6.07) is 5.01. The maximum absolute atomic E-state index is 13.7. The fraction of sp³-hybridized carbons (Fsp3) is 0.429. The first kappa shape index (κ1) is 15.1. The fourth-order valence-electron chi connectivity index (χ4n) is 1.66. The normalized spacial score (nSPS) is 11.8. The lowest BCUT2D eigenvalue weighted by Crippen LogP contribution is -2.35. The average molecular weight is 341 g/mol. The van der Waals surface area contributed by atoms with E-state index >= 15 is 0 Å². The summed E-state index contributed by atoms with van der Waals surface area (Å²) in [6.45, 7) is 7.23. The van der Waals surface area contributed by atoms with Crippen molar-refractivity contribution in [3.05, 3.63) is 46.2 Å². The molecule has 1 aromatic carbocycles. The molecule has 1 aromatic heterocycles. The minimum atomic E-state index is -0.246. The van der Waals surface area contributed by atoms with E-state index in [4.69, 9.17) is 0 Å². The van der Waals surface area contributed by atoms with E-state index in [0.29, 0.717) is 24.5 Å². The van der Waals surface area contributed by atoms with Gasteiger partial charge in [-0.1, -0.05) is 22.0 Å². The Morgan fingerprint density at radius 1 is 1.35 bits per heavy atom. The summed E-state index contributed by atoms with van der Waals surface area (Å²) in [7, 11) is 0. The number of nitrogens with zero attached hydrogens (tertiary/aromatic N) is 3. The minimum Gasteiger partial charge on any atom is -0.305 e. The zero-order valence-electron chi connectivity index (χ0n) is 11.8. The molecule has 2 aromatic rings. The van der Waals surface area contributed by atoms with Crippen LogP contribution >= 0.6 is 15.9 Å². The van der Waals surface area contributed by atoms with Gasteiger partial charge in [-0.15, -0.1) is 0 Å². The maximum atomic E-state index is 13.7. The van der Waals surface area contributed by atoms with Gasteiger partial charge >= 0.3 is 0 Å². The molecule has 20 heavy (non-hydrogen) atoms. The van der Waals surface area contributed by atoms with Crippen molar-refractivity contribution >= 4 is 15.9 Å². The van der Waals surface area contributed by atoms with Gasteiger partial charge in [0, 0.05) is 15.6 Å². The first-order chi connectivity index (χ1) is 9.33. The highest BCUT2D eigenvalue weighted by molar-refractivity contribution is 9.10. The molecule has 6 heteroatoms. The van der Waals surface area contributed by atoms with Crippen molar-refractivity contribution in [1.82, 2.24) is 20.1 Å². The van der Waals surface area contributed by atoms with E-state index in [9.17, 15) is 4.39 Å². The standard InChI is InChI=1S/C14H18BrFN4/c1-14(2,3)18-7-13-17-9-20(19-13)8-10-4-5-11(15)6-12(10)16/h4-6,9,18H,7-8H2,1-3H3. The van der Waals surface area contributed by atoms with Crippen molar-refractivity contribution in [2.24, 2.45) is 0 Å². The van der Waals surface area contributed by atoms with E-state index in [2.05, 4.69) is 52.1 Å². The largest absolute Gasteiger partial charge is 0.305 e. The average Bonchev–Trinajstić information content (AvgIpc) is 2.77. The van der Waals surface area contributed by atoms with Crippen LogP contribution < -0.4 is 5.32 Å². The Bertz CT molecular complexity index is 589. The van der Waals surface area contributed by atoms with Gasteiger partial charge in [0.25, 0.3) is 0 Å². The molecule has 108 valence electrons. The van der Waals surface area contributed by atoms with Gasteiger partial charge in [0.05, 0.1) is 13.1 Å². The first-order valence-corrected chi connectivity index (χ1v) is 7.20. The molecule has 0 saturated heterocycles. The van der Waals surface area contributed by atoms with Crippen LogP contribution in [0.3, 0.4) is 0 Å². The van der Waals surface area contributed by atoms with Gasteiger partial charge in [-0.3, -0.25) is 0 Å². The Labute approximate surface area is 126 Å². The van der Waals surface area contributed by atoms with Crippen molar-refractivity contribution in [1.29, 1.82) is 0 Å². The van der Waals surface area contributed by atoms with Gasteiger partial charge in [-0.2, -0.15) is 5.10 Å². The van der Waals surface area contributed by atoms with E-state index in [-0.39, 0.29) is 11.4 Å². The molecule has 0 fully saturated rings. The molecule has 2 rings (SSSR count). The highest BCUT2D eigenvalue weighted by atomic mass is 79.9. The highest BCUT2D eigenvalue weighted by Crippen LogP contribution is 2.16. The second kappa shape index (κ2) is 6.01. The number of rotatable bonds is 4. The van der Waals surface area contributed by atoms with Crippen molar-refractivity contribution in [3.8, 4) is 0 Å². The van der Waals surface area contributed by atoms with Gasteiger partial charge in [0.2, 0.25) is 0 Å². The van der Waals surface area contributed by atoms with Crippen LogP contribution in [0.4, 0.5) is 4.39 Å². The Kier molecular flexibility index (Phi) is 4.55. The van der Waals surface area contributed by atoms with Crippen LogP contribution in [0.25, 0.3) is 0 Å². The zero-order chi connectivity index (χ0) is 14.8. The molecular weight excluding hydrogens is 323 g/mol. The second-order valence-corrected chi connectivity index (χ2v) is 6.61. The van der Waals surface area contributed by atoms with Crippen molar-refractivity contribution < 1.29 is 4.39 Å². The van der Waals surface area contributed by atoms with Gasteiger partial charge in [-0.05, 0) is 32.9 Å². The lowest BCUT2D eigenvalue weighted by Gasteiger charge is -2.19. The van der Waals surface area contributed by atoms with Crippen LogP contribution in [0.2, 0.25) is 0 Å². The number of benzene rings is 1. The highest BCUT2D eigenvalue weighted by Gasteiger charge is 2.11. The van der Waals surface area contributed by atoms with E-state index in [0.717, 1.165) is 4.47 Å². The molecule has 0 aliphatic rings. The molecule has 0 bridgehead atoms. The summed E-state index contributed by atoms with van der Waals surface area (Å²) in [5.41, 5.74) is 0.608. The van der Waals surface area contributed by atoms with Crippen LogP contribution in [-0.4, -0.2) is 20.3 Å². The molecule has 0 radical (unpaired) electrons.